The molecule has 1 fully saturated rings. The normalized spacial score (nSPS) is 17.0. The molecule has 0 aromatic heterocycles. The van der Waals surface area contributed by atoms with E-state index in [1.54, 1.807) is 7.11 Å². The van der Waals surface area contributed by atoms with E-state index in [1.807, 2.05) is 53.4 Å². The van der Waals surface area contributed by atoms with E-state index in [-0.39, 0.29) is 18.6 Å². The molecule has 1 atom stereocenters. The molecule has 126 valence electrons. The molecule has 2 aromatic rings. The fourth-order valence-corrected chi connectivity index (χ4v) is 3.17. The first kappa shape index (κ1) is 16.5. The Labute approximate surface area is 143 Å². The highest BCUT2D eigenvalue weighted by atomic mass is 16.5. The lowest BCUT2D eigenvalue weighted by molar-refractivity contribution is -0.137. The van der Waals surface area contributed by atoms with Gasteiger partial charge in [-0.05, 0) is 36.1 Å². The maximum Gasteiger partial charge on any atom is 0.249 e. The van der Waals surface area contributed by atoms with Crippen LogP contribution in [0.5, 0.6) is 5.75 Å². The molecule has 0 aliphatic carbocycles. The van der Waals surface area contributed by atoms with Crippen molar-refractivity contribution in [1.82, 2.24) is 4.90 Å². The van der Waals surface area contributed by atoms with Crippen molar-refractivity contribution < 1.29 is 14.3 Å². The number of hydrogen-bond donors (Lipinski definition) is 0. The van der Waals surface area contributed by atoms with Crippen LogP contribution >= 0.6 is 0 Å². The molecule has 1 amide bonds. The highest BCUT2D eigenvalue weighted by Crippen LogP contribution is 2.33. The summed E-state index contributed by atoms with van der Waals surface area (Å²) in [5, 5.41) is 0. The summed E-state index contributed by atoms with van der Waals surface area (Å²) in [5.74, 6) is 0.878. The number of carbonyl (C=O) groups excluding carboxylic acids is 1. The van der Waals surface area contributed by atoms with Crippen molar-refractivity contribution in [2.24, 2.45) is 0 Å². The smallest absolute Gasteiger partial charge is 0.249 e. The van der Waals surface area contributed by atoms with E-state index < -0.39 is 0 Å². The third-order valence-corrected chi connectivity index (χ3v) is 4.39. The summed E-state index contributed by atoms with van der Waals surface area (Å²) in [4.78, 5) is 14.5. The number of nitrogens with zero attached hydrogens (tertiary/aromatic N) is 1. The summed E-state index contributed by atoms with van der Waals surface area (Å²) in [5.41, 5.74) is 2.21. The molecule has 4 heteroatoms. The largest absolute Gasteiger partial charge is 0.497 e. The van der Waals surface area contributed by atoms with Crippen LogP contribution < -0.4 is 4.74 Å². The van der Waals surface area contributed by atoms with E-state index in [9.17, 15) is 4.79 Å². The predicted molar refractivity (Wildman–Crippen MR) is 92.8 cm³/mol. The number of carbonyl (C=O) groups is 1. The van der Waals surface area contributed by atoms with Gasteiger partial charge in [-0.15, -0.1) is 0 Å². The lowest BCUT2D eigenvalue weighted by Crippen LogP contribution is -2.33. The zero-order valence-corrected chi connectivity index (χ0v) is 14.0. The lowest BCUT2D eigenvalue weighted by Gasteiger charge is -2.25. The van der Waals surface area contributed by atoms with Crippen LogP contribution in [-0.4, -0.2) is 31.1 Å². The fourth-order valence-electron chi connectivity index (χ4n) is 3.17. The Hall–Kier alpha value is -2.33. The van der Waals surface area contributed by atoms with E-state index in [4.69, 9.17) is 9.47 Å². The van der Waals surface area contributed by atoms with Gasteiger partial charge in [-0.3, -0.25) is 4.79 Å². The number of likely N-dealkylation sites (tertiary alicyclic amines) is 1. The first-order valence-corrected chi connectivity index (χ1v) is 8.33. The van der Waals surface area contributed by atoms with Gasteiger partial charge in [0.2, 0.25) is 5.91 Å². The molecule has 1 unspecified atom stereocenters. The van der Waals surface area contributed by atoms with Gasteiger partial charge in [0.15, 0.2) is 0 Å². The van der Waals surface area contributed by atoms with Crippen LogP contribution in [-0.2, 0) is 16.1 Å². The second-order valence-corrected chi connectivity index (χ2v) is 6.00. The summed E-state index contributed by atoms with van der Waals surface area (Å²) in [6.45, 7) is 1.37. The van der Waals surface area contributed by atoms with Gasteiger partial charge in [0.1, 0.15) is 12.4 Å². The SMILES string of the molecule is COc1cccc(C2CCCN2C(=O)COCc2ccccc2)c1. The van der Waals surface area contributed by atoms with Gasteiger partial charge < -0.3 is 14.4 Å². The molecule has 4 nitrogen and oxygen atoms in total. The molecule has 1 aliphatic rings. The van der Waals surface area contributed by atoms with Crippen LogP contribution in [0.2, 0.25) is 0 Å². The number of rotatable bonds is 6. The Morgan fingerprint density at radius 3 is 2.79 bits per heavy atom. The predicted octanol–water partition coefficient (Wildman–Crippen LogP) is 3.58. The number of methoxy groups -OCH3 is 1. The number of hydrogen-bond acceptors (Lipinski definition) is 3. The first-order valence-electron chi connectivity index (χ1n) is 8.33. The summed E-state index contributed by atoms with van der Waals surface area (Å²) in [6.07, 6.45) is 2.00. The molecule has 0 saturated carbocycles. The number of ether oxygens (including phenoxy) is 2. The van der Waals surface area contributed by atoms with Gasteiger partial charge in [-0.25, -0.2) is 0 Å². The number of benzene rings is 2. The average Bonchev–Trinajstić information content (AvgIpc) is 3.12. The van der Waals surface area contributed by atoms with Crippen LogP contribution in [0.25, 0.3) is 0 Å². The second kappa shape index (κ2) is 7.97. The molecular weight excluding hydrogens is 302 g/mol. The maximum absolute atomic E-state index is 12.5. The average molecular weight is 325 g/mol. The van der Waals surface area contributed by atoms with Crippen molar-refractivity contribution in [2.45, 2.75) is 25.5 Å². The minimum absolute atomic E-state index is 0.0521. The third-order valence-electron chi connectivity index (χ3n) is 4.39. The number of amides is 1. The van der Waals surface area contributed by atoms with Crippen molar-refractivity contribution in [2.75, 3.05) is 20.3 Å². The third kappa shape index (κ3) is 3.95. The molecule has 1 saturated heterocycles. The van der Waals surface area contributed by atoms with Crippen molar-refractivity contribution >= 4 is 5.91 Å². The van der Waals surface area contributed by atoms with Gasteiger partial charge >= 0.3 is 0 Å². The molecule has 1 heterocycles. The van der Waals surface area contributed by atoms with Crippen molar-refractivity contribution in [3.05, 3.63) is 65.7 Å². The molecule has 0 N–H and O–H groups in total. The Balaban J connectivity index is 1.59. The molecule has 1 aliphatic heterocycles. The van der Waals surface area contributed by atoms with Gasteiger partial charge in [0.05, 0.1) is 19.8 Å². The van der Waals surface area contributed by atoms with Crippen molar-refractivity contribution in [1.29, 1.82) is 0 Å². The summed E-state index contributed by atoms with van der Waals surface area (Å²) in [6, 6.07) is 18.0. The molecule has 0 bridgehead atoms. The molecule has 3 rings (SSSR count). The molecule has 0 spiro atoms. The van der Waals surface area contributed by atoms with Crippen molar-refractivity contribution in [3.63, 3.8) is 0 Å². The standard InChI is InChI=1S/C20H23NO3/c1-23-18-10-5-9-17(13-18)19-11-6-12-21(19)20(22)15-24-14-16-7-3-2-4-8-16/h2-5,7-10,13,19H,6,11-12,14-15H2,1H3. The van der Waals surface area contributed by atoms with Gasteiger partial charge in [0, 0.05) is 6.54 Å². The monoisotopic (exact) mass is 325 g/mol. The summed E-state index contributed by atoms with van der Waals surface area (Å²) >= 11 is 0. The maximum atomic E-state index is 12.5. The van der Waals surface area contributed by atoms with Crippen LogP contribution in [0, 0.1) is 0 Å². The Morgan fingerprint density at radius 1 is 1.17 bits per heavy atom. The Kier molecular flexibility index (Phi) is 5.49. The first-order chi connectivity index (χ1) is 11.8. The minimum atomic E-state index is 0.0521. The Bertz CT molecular complexity index is 672. The van der Waals surface area contributed by atoms with E-state index in [1.165, 1.54) is 0 Å². The molecule has 0 radical (unpaired) electrons. The fraction of sp³-hybridized carbons (Fsp3) is 0.350. The van der Waals surface area contributed by atoms with Gasteiger partial charge in [0.25, 0.3) is 0 Å². The van der Waals surface area contributed by atoms with E-state index in [0.29, 0.717) is 6.61 Å². The highest BCUT2D eigenvalue weighted by molar-refractivity contribution is 5.78. The lowest BCUT2D eigenvalue weighted by atomic mass is 10.0. The van der Waals surface area contributed by atoms with Crippen LogP contribution in [0.1, 0.15) is 30.0 Å². The van der Waals surface area contributed by atoms with Crippen LogP contribution in [0.15, 0.2) is 54.6 Å². The zero-order valence-electron chi connectivity index (χ0n) is 14.0. The Morgan fingerprint density at radius 2 is 2.00 bits per heavy atom. The van der Waals surface area contributed by atoms with E-state index in [2.05, 4.69) is 6.07 Å². The van der Waals surface area contributed by atoms with Crippen LogP contribution in [0.4, 0.5) is 0 Å². The minimum Gasteiger partial charge on any atom is -0.497 e. The van der Waals surface area contributed by atoms with E-state index in [0.717, 1.165) is 36.3 Å². The van der Waals surface area contributed by atoms with Gasteiger partial charge in [-0.1, -0.05) is 42.5 Å². The van der Waals surface area contributed by atoms with Crippen LogP contribution in [0.3, 0.4) is 0 Å². The van der Waals surface area contributed by atoms with Gasteiger partial charge in [-0.2, -0.15) is 0 Å². The molecular formula is C20H23NO3. The second-order valence-electron chi connectivity index (χ2n) is 6.00. The molecule has 24 heavy (non-hydrogen) atoms. The van der Waals surface area contributed by atoms with E-state index >= 15 is 0 Å². The summed E-state index contributed by atoms with van der Waals surface area (Å²) < 4.78 is 10.9. The molecule has 2 aromatic carbocycles. The zero-order chi connectivity index (χ0) is 16.8. The quantitative estimate of drug-likeness (QED) is 0.815. The highest BCUT2D eigenvalue weighted by Gasteiger charge is 2.29. The summed E-state index contributed by atoms with van der Waals surface area (Å²) in [7, 11) is 1.66. The van der Waals surface area contributed by atoms with Crippen molar-refractivity contribution in [3.8, 4) is 5.75 Å². The topological polar surface area (TPSA) is 38.8 Å².